The van der Waals surface area contributed by atoms with Crippen LogP contribution in [-0.2, 0) is 4.79 Å². The largest absolute Gasteiger partial charge is 0.480 e. The molecular formula is C24H30N2O2. The Hall–Kier alpha value is -2.59. The first-order chi connectivity index (χ1) is 13.7. The molecule has 1 aliphatic rings. The van der Waals surface area contributed by atoms with Crippen LogP contribution in [0.2, 0.25) is 0 Å². The van der Waals surface area contributed by atoms with E-state index < -0.39 is 6.10 Å². The van der Waals surface area contributed by atoms with Crippen molar-refractivity contribution < 1.29 is 9.53 Å². The van der Waals surface area contributed by atoms with Crippen LogP contribution < -0.4 is 4.74 Å². The highest BCUT2D eigenvalue weighted by molar-refractivity contribution is 5.81. The minimum Gasteiger partial charge on any atom is -0.480 e. The van der Waals surface area contributed by atoms with Gasteiger partial charge in [-0.15, -0.1) is 0 Å². The van der Waals surface area contributed by atoms with Crippen LogP contribution in [0, 0.1) is 6.92 Å². The predicted molar refractivity (Wildman–Crippen MR) is 114 cm³/mol. The second-order valence-corrected chi connectivity index (χ2v) is 7.22. The Labute approximate surface area is 168 Å². The molecular weight excluding hydrogens is 348 g/mol. The van der Waals surface area contributed by atoms with Gasteiger partial charge in [-0.1, -0.05) is 67.6 Å². The lowest BCUT2D eigenvalue weighted by Gasteiger charge is -2.35. The van der Waals surface area contributed by atoms with Gasteiger partial charge in [-0.05, 0) is 30.5 Å². The molecule has 28 heavy (non-hydrogen) atoms. The molecule has 1 atom stereocenters. The van der Waals surface area contributed by atoms with Gasteiger partial charge in [-0.3, -0.25) is 9.69 Å². The molecule has 1 aliphatic heterocycles. The minimum atomic E-state index is -0.411. The molecule has 1 amide bonds. The van der Waals surface area contributed by atoms with Gasteiger partial charge in [-0.2, -0.15) is 0 Å². The Morgan fingerprint density at radius 2 is 1.71 bits per heavy atom. The molecule has 148 valence electrons. The van der Waals surface area contributed by atoms with Crippen LogP contribution in [0.4, 0.5) is 0 Å². The summed E-state index contributed by atoms with van der Waals surface area (Å²) in [5.74, 6) is 0.901. The second kappa shape index (κ2) is 10.1. The predicted octanol–water partition coefficient (Wildman–Crippen LogP) is 4.01. The van der Waals surface area contributed by atoms with Gasteiger partial charge in [0.15, 0.2) is 6.10 Å². The van der Waals surface area contributed by atoms with E-state index >= 15 is 0 Å². The van der Waals surface area contributed by atoms with E-state index in [1.165, 1.54) is 5.56 Å². The topological polar surface area (TPSA) is 32.8 Å². The molecule has 1 fully saturated rings. The van der Waals surface area contributed by atoms with E-state index in [1.54, 1.807) is 0 Å². The summed E-state index contributed by atoms with van der Waals surface area (Å²) in [6.45, 7) is 8.22. The van der Waals surface area contributed by atoms with E-state index in [0.717, 1.165) is 44.0 Å². The Bertz CT molecular complexity index is 780. The summed E-state index contributed by atoms with van der Waals surface area (Å²) in [6, 6.07) is 18.2. The molecule has 0 bridgehead atoms. The number of para-hydroxylation sites is 1. The smallest absolute Gasteiger partial charge is 0.263 e. The zero-order chi connectivity index (χ0) is 19.8. The van der Waals surface area contributed by atoms with Crippen molar-refractivity contribution in [3.8, 4) is 5.75 Å². The summed E-state index contributed by atoms with van der Waals surface area (Å²) in [6.07, 6.45) is 4.61. The lowest BCUT2D eigenvalue weighted by atomic mass is 10.2. The van der Waals surface area contributed by atoms with Crippen LogP contribution in [0.15, 0.2) is 60.7 Å². The van der Waals surface area contributed by atoms with Gasteiger partial charge in [0.05, 0.1) is 0 Å². The first-order valence-electron chi connectivity index (χ1n) is 10.1. The molecule has 0 unspecified atom stereocenters. The summed E-state index contributed by atoms with van der Waals surface area (Å²) in [5, 5.41) is 0. The molecule has 0 radical (unpaired) electrons. The zero-order valence-corrected chi connectivity index (χ0v) is 16.9. The normalized spacial score (nSPS) is 16.3. The molecule has 0 aliphatic carbocycles. The first kappa shape index (κ1) is 20.2. The van der Waals surface area contributed by atoms with Gasteiger partial charge in [0.25, 0.3) is 5.91 Å². The third-order valence-corrected chi connectivity index (χ3v) is 5.17. The average molecular weight is 379 g/mol. The van der Waals surface area contributed by atoms with Crippen molar-refractivity contribution in [1.82, 2.24) is 9.80 Å². The number of benzene rings is 2. The number of piperazine rings is 1. The van der Waals surface area contributed by atoms with E-state index in [-0.39, 0.29) is 5.91 Å². The fraction of sp³-hybridized carbons (Fsp3) is 0.375. The standard InChI is InChI=1S/C24H30N2O2/c1-3-22(28-23-14-8-7-10-20(23)2)24(27)26-18-16-25(17-19-26)15-9-13-21-11-5-4-6-12-21/h4-14,22H,3,15-19H2,1-2H3/b13-9+/t22-/m0/s1. The van der Waals surface area contributed by atoms with Crippen LogP contribution in [0.1, 0.15) is 24.5 Å². The number of carbonyl (C=O) groups excluding carboxylic acids is 1. The lowest BCUT2D eigenvalue weighted by molar-refractivity contribution is -0.140. The van der Waals surface area contributed by atoms with Crippen LogP contribution in [-0.4, -0.2) is 54.5 Å². The molecule has 1 heterocycles. The van der Waals surface area contributed by atoms with Crippen molar-refractivity contribution in [2.75, 3.05) is 32.7 Å². The number of carbonyl (C=O) groups is 1. The molecule has 4 heteroatoms. The molecule has 0 aromatic heterocycles. The van der Waals surface area contributed by atoms with Crippen molar-refractivity contribution in [2.45, 2.75) is 26.4 Å². The third kappa shape index (κ3) is 5.46. The number of nitrogens with zero attached hydrogens (tertiary/aromatic N) is 2. The van der Waals surface area contributed by atoms with Gasteiger partial charge < -0.3 is 9.64 Å². The monoisotopic (exact) mass is 378 g/mol. The summed E-state index contributed by atoms with van der Waals surface area (Å²) in [4.78, 5) is 17.2. The van der Waals surface area contributed by atoms with Crippen LogP contribution >= 0.6 is 0 Å². The Morgan fingerprint density at radius 1 is 1.04 bits per heavy atom. The van der Waals surface area contributed by atoms with Crippen LogP contribution in [0.5, 0.6) is 5.75 Å². The molecule has 3 rings (SSSR count). The van der Waals surface area contributed by atoms with Gasteiger partial charge in [0.2, 0.25) is 0 Å². The van der Waals surface area contributed by atoms with Crippen molar-refractivity contribution in [3.05, 3.63) is 71.8 Å². The van der Waals surface area contributed by atoms with Crippen molar-refractivity contribution in [1.29, 1.82) is 0 Å². The highest BCUT2D eigenvalue weighted by Crippen LogP contribution is 2.20. The Balaban J connectivity index is 1.48. The maximum atomic E-state index is 12.9. The van der Waals surface area contributed by atoms with Gasteiger partial charge in [0, 0.05) is 32.7 Å². The first-order valence-corrected chi connectivity index (χ1v) is 10.1. The molecule has 0 saturated carbocycles. The molecule has 4 nitrogen and oxygen atoms in total. The van der Waals surface area contributed by atoms with E-state index in [4.69, 9.17) is 4.74 Å². The van der Waals surface area contributed by atoms with E-state index in [2.05, 4.69) is 29.2 Å². The van der Waals surface area contributed by atoms with E-state index in [1.807, 2.05) is 61.2 Å². The third-order valence-electron chi connectivity index (χ3n) is 5.17. The van der Waals surface area contributed by atoms with Gasteiger partial charge in [0.1, 0.15) is 5.75 Å². The van der Waals surface area contributed by atoms with Crippen molar-refractivity contribution in [2.24, 2.45) is 0 Å². The summed E-state index contributed by atoms with van der Waals surface area (Å²) in [7, 11) is 0. The molecule has 2 aromatic carbocycles. The maximum absolute atomic E-state index is 12.9. The Morgan fingerprint density at radius 3 is 2.39 bits per heavy atom. The van der Waals surface area contributed by atoms with E-state index in [0.29, 0.717) is 6.42 Å². The Kier molecular flexibility index (Phi) is 7.26. The SMILES string of the molecule is CC[C@H](Oc1ccccc1C)C(=O)N1CCN(C/C=C/c2ccccc2)CC1. The fourth-order valence-corrected chi connectivity index (χ4v) is 3.41. The minimum absolute atomic E-state index is 0.102. The number of rotatable bonds is 7. The van der Waals surface area contributed by atoms with Gasteiger partial charge in [-0.25, -0.2) is 0 Å². The van der Waals surface area contributed by atoms with Crippen molar-refractivity contribution in [3.63, 3.8) is 0 Å². The number of aryl methyl sites for hydroxylation is 1. The fourth-order valence-electron chi connectivity index (χ4n) is 3.41. The van der Waals surface area contributed by atoms with E-state index in [9.17, 15) is 4.79 Å². The molecule has 2 aromatic rings. The summed E-state index contributed by atoms with van der Waals surface area (Å²) >= 11 is 0. The summed E-state index contributed by atoms with van der Waals surface area (Å²) in [5.41, 5.74) is 2.28. The second-order valence-electron chi connectivity index (χ2n) is 7.22. The number of hydrogen-bond donors (Lipinski definition) is 0. The highest BCUT2D eigenvalue weighted by Gasteiger charge is 2.27. The quantitative estimate of drug-likeness (QED) is 0.730. The maximum Gasteiger partial charge on any atom is 0.263 e. The van der Waals surface area contributed by atoms with Gasteiger partial charge >= 0.3 is 0 Å². The average Bonchev–Trinajstić information content (AvgIpc) is 2.74. The van der Waals surface area contributed by atoms with Crippen LogP contribution in [0.3, 0.4) is 0 Å². The lowest BCUT2D eigenvalue weighted by Crippen LogP contribution is -2.52. The zero-order valence-electron chi connectivity index (χ0n) is 16.9. The number of amides is 1. The molecule has 0 spiro atoms. The highest BCUT2D eigenvalue weighted by atomic mass is 16.5. The number of ether oxygens (including phenoxy) is 1. The van der Waals surface area contributed by atoms with Crippen LogP contribution in [0.25, 0.3) is 6.08 Å². The number of hydrogen-bond acceptors (Lipinski definition) is 3. The summed E-state index contributed by atoms with van der Waals surface area (Å²) < 4.78 is 6.03. The molecule has 1 saturated heterocycles. The molecule has 0 N–H and O–H groups in total. The van der Waals surface area contributed by atoms with Crippen molar-refractivity contribution >= 4 is 12.0 Å².